The Morgan fingerprint density at radius 2 is 2.12 bits per heavy atom. The molecule has 86 valence electrons. The van der Waals surface area contributed by atoms with Gasteiger partial charge in [-0.25, -0.2) is 4.39 Å². The molecule has 2 unspecified atom stereocenters. The second-order valence-corrected chi connectivity index (χ2v) is 4.39. The van der Waals surface area contributed by atoms with Gasteiger partial charge in [-0.15, -0.1) is 0 Å². The lowest BCUT2D eigenvalue weighted by molar-refractivity contribution is 0.417. The molecule has 1 aliphatic carbocycles. The fourth-order valence-electron chi connectivity index (χ4n) is 2.21. The Labute approximate surface area is 96.4 Å². The summed E-state index contributed by atoms with van der Waals surface area (Å²) in [6.45, 7) is 2.02. The molecule has 2 heteroatoms. The van der Waals surface area contributed by atoms with Crippen LogP contribution in [0.3, 0.4) is 0 Å². The van der Waals surface area contributed by atoms with E-state index in [1.165, 1.54) is 6.07 Å². The van der Waals surface area contributed by atoms with Crippen LogP contribution in [-0.4, -0.2) is 6.04 Å². The highest BCUT2D eigenvalue weighted by molar-refractivity contribution is 5.20. The molecule has 0 bridgehead atoms. The van der Waals surface area contributed by atoms with Gasteiger partial charge in [0.1, 0.15) is 5.82 Å². The maximum atomic E-state index is 13.5. The van der Waals surface area contributed by atoms with E-state index in [9.17, 15) is 4.39 Å². The first-order valence-corrected chi connectivity index (χ1v) is 5.93. The molecule has 0 aromatic heterocycles. The van der Waals surface area contributed by atoms with Gasteiger partial charge >= 0.3 is 0 Å². The van der Waals surface area contributed by atoms with Crippen LogP contribution in [0.1, 0.15) is 37.8 Å². The molecule has 0 spiro atoms. The van der Waals surface area contributed by atoms with Crippen molar-refractivity contribution in [1.29, 1.82) is 0 Å². The summed E-state index contributed by atoms with van der Waals surface area (Å²) in [5, 5.41) is 3.48. The molecule has 2 rings (SSSR count). The van der Waals surface area contributed by atoms with Gasteiger partial charge in [-0.05, 0) is 32.3 Å². The molecule has 1 nitrogen and oxygen atoms in total. The van der Waals surface area contributed by atoms with Gasteiger partial charge in [0.2, 0.25) is 0 Å². The van der Waals surface area contributed by atoms with Crippen molar-refractivity contribution in [2.75, 3.05) is 0 Å². The van der Waals surface area contributed by atoms with E-state index in [4.69, 9.17) is 0 Å². The molecule has 16 heavy (non-hydrogen) atoms. The molecule has 0 saturated heterocycles. The van der Waals surface area contributed by atoms with Crippen LogP contribution in [0.2, 0.25) is 0 Å². The van der Waals surface area contributed by atoms with Crippen LogP contribution in [0.15, 0.2) is 36.4 Å². The molecule has 0 aliphatic heterocycles. The van der Waals surface area contributed by atoms with Gasteiger partial charge in [-0.3, -0.25) is 0 Å². The van der Waals surface area contributed by atoms with Crippen molar-refractivity contribution in [3.05, 3.63) is 47.8 Å². The standard InChI is InChI=1S/C14H18FN/c1-11(13-9-5-6-10-14(13)15)16-12-7-3-2-4-8-12/h2-3,5-6,9-12,16H,4,7-8H2,1H3. The maximum absolute atomic E-state index is 13.5. The third-order valence-corrected chi connectivity index (χ3v) is 3.13. The number of hydrogen-bond acceptors (Lipinski definition) is 1. The highest BCUT2D eigenvalue weighted by Gasteiger charge is 2.15. The Morgan fingerprint density at radius 3 is 2.81 bits per heavy atom. The first-order chi connectivity index (χ1) is 7.77. The summed E-state index contributed by atoms with van der Waals surface area (Å²) in [6.07, 6.45) is 7.75. The zero-order valence-corrected chi connectivity index (χ0v) is 9.62. The molecule has 1 aromatic carbocycles. The number of rotatable bonds is 3. The number of benzene rings is 1. The van der Waals surface area contributed by atoms with Gasteiger partial charge in [-0.1, -0.05) is 30.4 Å². The second kappa shape index (κ2) is 5.26. The summed E-state index contributed by atoms with van der Waals surface area (Å²) < 4.78 is 13.5. The Balaban J connectivity index is 2.00. The normalized spacial score (nSPS) is 22.0. The average molecular weight is 219 g/mol. The minimum atomic E-state index is -0.117. The summed E-state index contributed by atoms with van der Waals surface area (Å²) in [6, 6.07) is 7.56. The molecule has 1 aliphatic rings. The zero-order chi connectivity index (χ0) is 11.4. The van der Waals surface area contributed by atoms with Crippen LogP contribution in [-0.2, 0) is 0 Å². The summed E-state index contributed by atoms with van der Waals surface area (Å²) in [4.78, 5) is 0. The molecule has 1 aromatic rings. The van der Waals surface area contributed by atoms with E-state index in [1.54, 1.807) is 6.07 Å². The summed E-state index contributed by atoms with van der Waals surface area (Å²) in [7, 11) is 0. The van der Waals surface area contributed by atoms with E-state index in [0.29, 0.717) is 6.04 Å². The third-order valence-electron chi connectivity index (χ3n) is 3.13. The van der Waals surface area contributed by atoms with Gasteiger partial charge in [0.25, 0.3) is 0 Å². The lowest BCUT2D eigenvalue weighted by atomic mass is 9.99. The number of halogens is 1. The molecule has 1 N–H and O–H groups in total. The van der Waals surface area contributed by atoms with Crippen LogP contribution >= 0.6 is 0 Å². The Hall–Kier alpha value is -1.15. The molecule has 0 saturated carbocycles. The van der Waals surface area contributed by atoms with Crippen molar-refractivity contribution >= 4 is 0 Å². The molecular weight excluding hydrogens is 201 g/mol. The number of allylic oxidation sites excluding steroid dienone is 1. The highest BCUT2D eigenvalue weighted by atomic mass is 19.1. The Kier molecular flexibility index (Phi) is 3.73. The second-order valence-electron chi connectivity index (χ2n) is 4.39. The smallest absolute Gasteiger partial charge is 0.127 e. The average Bonchev–Trinajstić information content (AvgIpc) is 2.31. The summed E-state index contributed by atoms with van der Waals surface area (Å²) in [5.41, 5.74) is 0.761. The van der Waals surface area contributed by atoms with Crippen LogP contribution in [0.25, 0.3) is 0 Å². The van der Waals surface area contributed by atoms with E-state index in [0.717, 1.165) is 24.8 Å². The van der Waals surface area contributed by atoms with Gasteiger partial charge in [0.05, 0.1) is 0 Å². The van der Waals surface area contributed by atoms with E-state index in [1.807, 2.05) is 19.1 Å². The summed E-state index contributed by atoms with van der Waals surface area (Å²) >= 11 is 0. The van der Waals surface area contributed by atoms with E-state index < -0.39 is 0 Å². The fourth-order valence-corrected chi connectivity index (χ4v) is 2.21. The predicted molar refractivity (Wildman–Crippen MR) is 64.7 cm³/mol. The van der Waals surface area contributed by atoms with Crippen molar-refractivity contribution in [2.24, 2.45) is 0 Å². The van der Waals surface area contributed by atoms with Crippen LogP contribution in [0.4, 0.5) is 4.39 Å². The largest absolute Gasteiger partial charge is 0.307 e. The van der Waals surface area contributed by atoms with Crippen molar-refractivity contribution in [3.63, 3.8) is 0 Å². The van der Waals surface area contributed by atoms with Gasteiger partial charge in [-0.2, -0.15) is 0 Å². The van der Waals surface area contributed by atoms with Gasteiger partial charge < -0.3 is 5.32 Å². The van der Waals surface area contributed by atoms with Crippen molar-refractivity contribution in [2.45, 2.75) is 38.3 Å². The first kappa shape index (κ1) is 11.3. The maximum Gasteiger partial charge on any atom is 0.127 e. The van der Waals surface area contributed by atoms with Gasteiger partial charge in [0, 0.05) is 17.6 Å². The Bertz CT molecular complexity index is 373. The fraction of sp³-hybridized carbons (Fsp3) is 0.429. The van der Waals surface area contributed by atoms with E-state index >= 15 is 0 Å². The highest BCUT2D eigenvalue weighted by Crippen LogP contribution is 2.19. The van der Waals surface area contributed by atoms with Crippen molar-refractivity contribution in [3.8, 4) is 0 Å². The van der Waals surface area contributed by atoms with Crippen LogP contribution in [0, 0.1) is 5.82 Å². The minimum absolute atomic E-state index is 0.0812. The molecule has 0 heterocycles. The quantitative estimate of drug-likeness (QED) is 0.766. The van der Waals surface area contributed by atoms with Crippen molar-refractivity contribution in [1.82, 2.24) is 5.32 Å². The molecule has 0 radical (unpaired) electrons. The lowest BCUT2D eigenvalue weighted by Gasteiger charge is -2.24. The van der Waals surface area contributed by atoms with Crippen LogP contribution in [0.5, 0.6) is 0 Å². The summed E-state index contributed by atoms with van der Waals surface area (Å²) in [5.74, 6) is -0.117. The Morgan fingerprint density at radius 1 is 1.31 bits per heavy atom. The predicted octanol–water partition coefficient (Wildman–Crippen LogP) is 3.59. The molecule has 2 atom stereocenters. The van der Waals surface area contributed by atoms with Crippen molar-refractivity contribution < 1.29 is 4.39 Å². The molecular formula is C14H18FN. The van der Waals surface area contributed by atoms with E-state index in [2.05, 4.69) is 17.5 Å². The van der Waals surface area contributed by atoms with Gasteiger partial charge in [0.15, 0.2) is 0 Å². The van der Waals surface area contributed by atoms with E-state index in [-0.39, 0.29) is 11.9 Å². The topological polar surface area (TPSA) is 12.0 Å². The van der Waals surface area contributed by atoms with Crippen LogP contribution < -0.4 is 5.32 Å². The number of nitrogens with one attached hydrogen (secondary N) is 1. The zero-order valence-electron chi connectivity index (χ0n) is 9.62. The number of hydrogen-bond donors (Lipinski definition) is 1. The third kappa shape index (κ3) is 2.70. The first-order valence-electron chi connectivity index (χ1n) is 5.93. The minimum Gasteiger partial charge on any atom is -0.307 e. The lowest BCUT2D eigenvalue weighted by Crippen LogP contribution is -2.32. The molecule has 0 fully saturated rings. The monoisotopic (exact) mass is 219 g/mol. The molecule has 0 amide bonds. The SMILES string of the molecule is CC(NC1CC=CCC1)c1ccccc1F.